The Kier molecular flexibility index (Phi) is 2.69. The predicted octanol–water partition coefficient (Wildman–Crippen LogP) is 1.74. The summed E-state index contributed by atoms with van der Waals surface area (Å²) in [4.78, 5) is 4.79. The van der Waals surface area contributed by atoms with E-state index in [0.29, 0.717) is 6.61 Å². The van der Waals surface area contributed by atoms with E-state index in [1.54, 1.807) is 0 Å². The van der Waals surface area contributed by atoms with Gasteiger partial charge in [0.15, 0.2) is 0 Å². The molecule has 4 heteroatoms. The molecule has 0 unspecified atom stereocenters. The van der Waals surface area contributed by atoms with E-state index >= 15 is 0 Å². The van der Waals surface area contributed by atoms with E-state index in [4.69, 9.17) is 10.7 Å². The Morgan fingerprint density at radius 3 is 2.75 bits per heavy atom. The summed E-state index contributed by atoms with van der Waals surface area (Å²) in [6.07, 6.45) is 0. The highest BCUT2D eigenvalue weighted by Gasteiger charge is 2.27. The van der Waals surface area contributed by atoms with E-state index in [2.05, 4.69) is 25.0 Å². The van der Waals surface area contributed by atoms with Crippen LogP contribution in [-0.2, 0) is 17.3 Å². The summed E-state index contributed by atoms with van der Waals surface area (Å²) < 4.78 is 1.91. The second-order valence-corrected chi connectivity index (χ2v) is 4.68. The fourth-order valence-corrected chi connectivity index (χ4v) is 2.23. The van der Waals surface area contributed by atoms with Crippen LogP contribution in [0.5, 0.6) is 0 Å². The van der Waals surface area contributed by atoms with Crippen molar-refractivity contribution in [1.29, 1.82) is 0 Å². The topological polar surface area (TPSA) is 53.1 Å². The lowest BCUT2D eigenvalue weighted by Gasteiger charge is -2.23. The molecule has 1 aromatic carbocycles. The van der Waals surface area contributed by atoms with Gasteiger partial charge < -0.3 is 4.84 Å². The maximum Gasteiger partial charge on any atom is 0.0926 e. The molecule has 4 nitrogen and oxygen atoms in total. The van der Waals surface area contributed by atoms with Crippen molar-refractivity contribution in [2.75, 3.05) is 6.61 Å². The van der Waals surface area contributed by atoms with Crippen molar-refractivity contribution >= 4 is 10.9 Å². The summed E-state index contributed by atoms with van der Waals surface area (Å²) in [5.41, 5.74) is 2.00. The Hall–Kier alpha value is -1.39. The summed E-state index contributed by atoms with van der Waals surface area (Å²) in [7, 11) is 1.95. The molecular formula is C12H17N3O. The normalized spacial score (nSPS) is 12.2. The molecule has 1 aromatic heterocycles. The predicted molar refractivity (Wildman–Crippen MR) is 63.9 cm³/mol. The molecule has 0 spiro atoms. The third-order valence-corrected chi connectivity index (χ3v) is 2.83. The number of hydrogen-bond donors (Lipinski definition) is 1. The molecule has 2 rings (SSSR count). The monoisotopic (exact) mass is 219 g/mol. The number of fused-ring (bicyclic) bond motifs is 1. The summed E-state index contributed by atoms with van der Waals surface area (Å²) in [6.45, 7) is 4.67. The van der Waals surface area contributed by atoms with Crippen LogP contribution in [0.1, 0.15) is 19.5 Å². The summed E-state index contributed by atoms with van der Waals surface area (Å²) >= 11 is 0. The number of nitrogens with two attached hydrogens (primary N) is 1. The molecule has 2 aromatic rings. The van der Waals surface area contributed by atoms with Gasteiger partial charge in [-0.1, -0.05) is 32.0 Å². The molecule has 0 amide bonds. The van der Waals surface area contributed by atoms with Crippen molar-refractivity contribution in [2.24, 2.45) is 12.9 Å². The SMILES string of the molecule is Cn1nc2ccccc2c1C(C)(C)CON. The summed E-state index contributed by atoms with van der Waals surface area (Å²) in [5.74, 6) is 5.19. The highest BCUT2D eigenvalue weighted by molar-refractivity contribution is 5.82. The van der Waals surface area contributed by atoms with Crippen molar-refractivity contribution in [1.82, 2.24) is 9.78 Å². The molecule has 0 aliphatic heterocycles. The van der Waals surface area contributed by atoms with E-state index in [-0.39, 0.29) is 5.41 Å². The molecule has 0 saturated heterocycles. The molecule has 0 saturated carbocycles. The molecule has 16 heavy (non-hydrogen) atoms. The van der Waals surface area contributed by atoms with Crippen LogP contribution in [0.15, 0.2) is 24.3 Å². The molecule has 0 atom stereocenters. The van der Waals surface area contributed by atoms with Gasteiger partial charge in [0, 0.05) is 17.8 Å². The van der Waals surface area contributed by atoms with Gasteiger partial charge in [0.05, 0.1) is 17.8 Å². The fraction of sp³-hybridized carbons (Fsp3) is 0.417. The van der Waals surface area contributed by atoms with Crippen LogP contribution in [0.3, 0.4) is 0 Å². The van der Waals surface area contributed by atoms with Crippen molar-refractivity contribution in [3.8, 4) is 0 Å². The van der Waals surface area contributed by atoms with Gasteiger partial charge in [-0.3, -0.25) is 4.68 Å². The van der Waals surface area contributed by atoms with Crippen molar-refractivity contribution in [3.05, 3.63) is 30.0 Å². The van der Waals surface area contributed by atoms with Crippen LogP contribution in [0.2, 0.25) is 0 Å². The lowest BCUT2D eigenvalue weighted by atomic mass is 9.88. The lowest BCUT2D eigenvalue weighted by molar-refractivity contribution is 0.0940. The van der Waals surface area contributed by atoms with Gasteiger partial charge >= 0.3 is 0 Å². The van der Waals surface area contributed by atoms with Gasteiger partial charge in [-0.2, -0.15) is 5.10 Å². The van der Waals surface area contributed by atoms with Crippen LogP contribution >= 0.6 is 0 Å². The largest absolute Gasteiger partial charge is 0.304 e. The standard InChI is InChI=1S/C12H17N3O/c1-12(2,8-16-13)11-9-6-4-5-7-10(9)14-15(11)3/h4-7H,8,13H2,1-3H3. The molecule has 0 bridgehead atoms. The quantitative estimate of drug-likeness (QED) is 0.800. The van der Waals surface area contributed by atoms with Crippen LogP contribution < -0.4 is 5.90 Å². The number of rotatable bonds is 3. The Labute approximate surface area is 95.0 Å². The molecule has 2 N–H and O–H groups in total. The minimum atomic E-state index is -0.153. The molecular weight excluding hydrogens is 202 g/mol. The van der Waals surface area contributed by atoms with E-state index in [1.807, 2.05) is 29.9 Å². The van der Waals surface area contributed by atoms with Gasteiger partial charge in [-0.25, -0.2) is 5.90 Å². The third kappa shape index (κ3) is 1.70. The Balaban J connectivity index is 2.63. The first-order valence-electron chi connectivity index (χ1n) is 5.30. The van der Waals surface area contributed by atoms with Crippen molar-refractivity contribution < 1.29 is 4.84 Å². The highest BCUT2D eigenvalue weighted by Crippen LogP contribution is 2.29. The number of benzene rings is 1. The molecule has 0 fully saturated rings. The smallest absolute Gasteiger partial charge is 0.0926 e. The molecule has 0 aliphatic carbocycles. The zero-order valence-corrected chi connectivity index (χ0v) is 9.90. The van der Waals surface area contributed by atoms with E-state index in [1.165, 1.54) is 0 Å². The second kappa shape index (κ2) is 3.88. The number of aromatic nitrogens is 2. The lowest BCUT2D eigenvalue weighted by Crippen LogP contribution is -2.29. The maximum absolute atomic E-state index is 5.19. The van der Waals surface area contributed by atoms with Gasteiger partial charge in [0.25, 0.3) is 0 Å². The van der Waals surface area contributed by atoms with Crippen molar-refractivity contribution in [3.63, 3.8) is 0 Å². The second-order valence-electron chi connectivity index (χ2n) is 4.68. The van der Waals surface area contributed by atoms with Crippen LogP contribution in [0.4, 0.5) is 0 Å². The average molecular weight is 219 g/mol. The maximum atomic E-state index is 5.19. The van der Waals surface area contributed by atoms with E-state index in [0.717, 1.165) is 16.6 Å². The minimum Gasteiger partial charge on any atom is -0.304 e. The van der Waals surface area contributed by atoms with Crippen LogP contribution in [-0.4, -0.2) is 16.4 Å². The Morgan fingerprint density at radius 1 is 1.38 bits per heavy atom. The zero-order valence-electron chi connectivity index (χ0n) is 9.90. The first-order chi connectivity index (χ1) is 7.56. The van der Waals surface area contributed by atoms with Gasteiger partial charge in [-0.05, 0) is 6.07 Å². The zero-order chi connectivity index (χ0) is 11.8. The van der Waals surface area contributed by atoms with Crippen molar-refractivity contribution in [2.45, 2.75) is 19.3 Å². The summed E-state index contributed by atoms with van der Waals surface area (Å²) in [5, 5.41) is 5.64. The first kappa shape index (κ1) is 11.1. The Morgan fingerprint density at radius 2 is 2.06 bits per heavy atom. The Bertz CT molecular complexity index is 502. The fourth-order valence-electron chi connectivity index (χ4n) is 2.23. The average Bonchev–Trinajstić information content (AvgIpc) is 2.53. The third-order valence-electron chi connectivity index (χ3n) is 2.83. The van der Waals surface area contributed by atoms with E-state index < -0.39 is 0 Å². The first-order valence-corrected chi connectivity index (χ1v) is 5.30. The van der Waals surface area contributed by atoms with Crippen LogP contribution in [0.25, 0.3) is 10.9 Å². The highest BCUT2D eigenvalue weighted by atomic mass is 16.6. The number of hydrogen-bond acceptors (Lipinski definition) is 3. The number of nitrogens with zero attached hydrogens (tertiary/aromatic N) is 2. The molecule has 86 valence electrons. The number of aryl methyl sites for hydroxylation is 1. The summed E-state index contributed by atoms with van der Waals surface area (Å²) in [6, 6.07) is 8.10. The van der Waals surface area contributed by atoms with Gasteiger partial charge in [-0.15, -0.1) is 0 Å². The van der Waals surface area contributed by atoms with Crippen LogP contribution in [0, 0.1) is 0 Å². The molecule has 0 aliphatic rings. The molecule has 0 radical (unpaired) electrons. The minimum absolute atomic E-state index is 0.153. The molecule has 1 heterocycles. The van der Waals surface area contributed by atoms with E-state index in [9.17, 15) is 0 Å². The van der Waals surface area contributed by atoms with Gasteiger partial charge in [0.2, 0.25) is 0 Å². The van der Waals surface area contributed by atoms with Gasteiger partial charge in [0.1, 0.15) is 0 Å².